The van der Waals surface area contributed by atoms with Gasteiger partial charge in [-0.05, 0) is 67.7 Å². The molecule has 1 fully saturated rings. The monoisotopic (exact) mass is 412 g/mol. The first-order chi connectivity index (χ1) is 15.1. The summed E-state index contributed by atoms with van der Waals surface area (Å²) in [7, 11) is 0. The van der Waals surface area contributed by atoms with Crippen molar-refractivity contribution < 1.29 is 4.79 Å². The molecule has 0 atom stereocenters. The van der Waals surface area contributed by atoms with Gasteiger partial charge >= 0.3 is 6.03 Å². The van der Waals surface area contributed by atoms with E-state index in [-0.39, 0.29) is 12.1 Å². The van der Waals surface area contributed by atoms with E-state index in [1.54, 1.807) is 0 Å². The third kappa shape index (κ3) is 5.16. The van der Waals surface area contributed by atoms with Crippen molar-refractivity contribution in [3.05, 3.63) is 101 Å². The zero-order valence-electron chi connectivity index (χ0n) is 18.6. The second kappa shape index (κ2) is 9.82. The molecule has 160 valence electrons. The third-order valence-electron chi connectivity index (χ3n) is 6.58. The Morgan fingerprint density at radius 1 is 0.806 bits per heavy atom. The van der Waals surface area contributed by atoms with Crippen LogP contribution in [0.3, 0.4) is 0 Å². The lowest BCUT2D eigenvalue weighted by Crippen LogP contribution is -2.44. The van der Waals surface area contributed by atoms with Gasteiger partial charge in [-0.3, -0.25) is 0 Å². The average molecular weight is 413 g/mol. The van der Waals surface area contributed by atoms with E-state index in [0.717, 1.165) is 42.5 Å². The summed E-state index contributed by atoms with van der Waals surface area (Å²) >= 11 is 0. The van der Waals surface area contributed by atoms with Gasteiger partial charge in [0.15, 0.2) is 0 Å². The summed E-state index contributed by atoms with van der Waals surface area (Å²) in [5, 5.41) is 3.23. The lowest BCUT2D eigenvalue weighted by atomic mass is 9.81. The zero-order chi connectivity index (χ0) is 21.6. The SMILES string of the molecule is Cc1cccc(C)c1NC(=O)N(Cc1ccccc1)C1CCC(c2ccccc2)CC1. The maximum atomic E-state index is 13.5. The molecule has 1 saturated carbocycles. The van der Waals surface area contributed by atoms with Gasteiger partial charge in [-0.2, -0.15) is 0 Å². The number of urea groups is 1. The average Bonchev–Trinajstić information content (AvgIpc) is 2.81. The van der Waals surface area contributed by atoms with Crippen LogP contribution in [0.15, 0.2) is 78.9 Å². The number of nitrogens with one attached hydrogen (secondary N) is 1. The van der Waals surface area contributed by atoms with Crippen LogP contribution in [-0.4, -0.2) is 17.0 Å². The number of benzene rings is 3. The summed E-state index contributed by atoms with van der Waals surface area (Å²) in [4.78, 5) is 15.5. The Kier molecular flexibility index (Phi) is 6.71. The lowest BCUT2D eigenvalue weighted by molar-refractivity contribution is 0.158. The molecule has 0 spiro atoms. The Hall–Kier alpha value is -3.07. The predicted molar refractivity (Wildman–Crippen MR) is 128 cm³/mol. The highest BCUT2D eigenvalue weighted by Crippen LogP contribution is 2.35. The predicted octanol–water partition coefficient (Wildman–Crippen LogP) is 7.06. The van der Waals surface area contributed by atoms with Crippen molar-refractivity contribution in [1.82, 2.24) is 4.90 Å². The van der Waals surface area contributed by atoms with Crippen molar-refractivity contribution in [2.24, 2.45) is 0 Å². The molecule has 3 aromatic rings. The van der Waals surface area contributed by atoms with Crippen LogP contribution in [0.4, 0.5) is 10.5 Å². The summed E-state index contributed by atoms with van der Waals surface area (Å²) in [5.41, 5.74) is 5.73. The summed E-state index contributed by atoms with van der Waals surface area (Å²) in [6.07, 6.45) is 4.31. The standard InChI is InChI=1S/C28H32N2O/c1-21-10-9-11-22(2)27(21)29-28(31)30(20-23-12-5-3-6-13-23)26-18-16-25(17-19-26)24-14-7-4-8-15-24/h3-15,25-26H,16-20H2,1-2H3,(H,29,31). The van der Waals surface area contributed by atoms with E-state index in [0.29, 0.717) is 12.5 Å². The second-order valence-corrected chi connectivity index (χ2v) is 8.73. The quantitative estimate of drug-likeness (QED) is 0.478. The van der Waals surface area contributed by atoms with Crippen molar-refractivity contribution in [2.75, 3.05) is 5.32 Å². The smallest absolute Gasteiger partial charge is 0.317 e. The molecular weight excluding hydrogens is 380 g/mol. The van der Waals surface area contributed by atoms with Crippen LogP contribution >= 0.6 is 0 Å². The van der Waals surface area contributed by atoms with Crippen LogP contribution in [0.5, 0.6) is 0 Å². The molecule has 2 amide bonds. The molecule has 3 aromatic carbocycles. The van der Waals surface area contributed by atoms with Gasteiger partial charge in [-0.25, -0.2) is 4.79 Å². The number of carbonyl (C=O) groups excluding carboxylic acids is 1. The largest absolute Gasteiger partial charge is 0.322 e. The van der Waals surface area contributed by atoms with Crippen LogP contribution in [0.1, 0.15) is 53.9 Å². The van der Waals surface area contributed by atoms with E-state index in [2.05, 4.69) is 78.7 Å². The minimum absolute atomic E-state index is 0.00409. The van der Waals surface area contributed by atoms with Gasteiger partial charge in [0.25, 0.3) is 0 Å². The van der Waals surface area contributed by atoms with E-state index in [9.17, 15) is 4.79 Å². The maximum Gasteiger partial charge on any atom is 0.322 e. The molecule has 1 aliphatic carbocycles. The van der Waals surface area contributed by atoms with Crippen LogP contribution < -0.4 is 5.32 Å². The molecule has 0 unspecified atom stereocenters. The van der Waals surface area contributed by atoms with Gasteiger partial charge in [0, 0.05) is 18.3 Å². The molecule has 3 nitrogen and oxygen atoms in total. The molecule has 1 N–H and O–H groups in total. The highest BCUT2D eigenvalue weighted by molar-refractivity contribution is 5.91. The highest BCUT2D eigenvalue weighted by Gasteiger charge is 2.30. The van der Waals surface area contributed by atoms with E-state index in [1.807, 2.05) is 24.3 Å². The number of hydrogen-bond donors (Lipinski definition) is 1. The summed E-state index contributed by atoms with van der Waals surface area (Å²) < 4.78 is 0. The first-order valence-electron chi connectivity index (χ1n) is 11.3. The topological polar surface area (TPSA) is 32.3 Å². The molecule has 0 saturated heterocycles. The zero-order valence-corrected chi connectivity index (χ0v) is 18.6. The molecule has 0 radical (unpaired) electrons. The Balaban J connectivity index is 1.51. The minimum Gasteiger partial charge on any atom is -0.317 e. The van der Waals surface area contributed by atoms with Crippen molar-refractivity contribution in [3.63, 3.8) is 0 Å². The lowest BCUT2D eigenvalue weighted by Gasteiger charge is -2.37. The summed E-state index contributed by atoms with van der Waals surface area (Å²) in [5.74, 6) is 0.595. The highest BCUT2D eigenvalue weighted by atomic mass is 16.2. The molecular formula is C28H32N2O. The molecule has 0 aliphatic heterocycles. The fourth-order valence-electron chi connectivity index (χ4n) is 4.78. The second-order valence-electron chi connectivity index (χ2n) is 8.73. The van der Waals surface area contributed by atoms with E-state index in [4.69, 9.17) is 0 Å². The number of nitrogens with zero attached hydrogens (tertiary/aromatic N) is 1. The first-order valence-corrected chi connectivity index (χ1v) is 11.3. The number of anilines is 1. The molecule has 0 heterocycles. The number of amides is 2. The fraction of sp³-hybridized carbons (Fsp3) is 0.321. The van der Waals surface area contributed by atoms with Crippen LogP contribution in [-0.2, 0) is 6.54 Å². The van der Waals surface area contributed by atoms with Crippen LogP contribution in [0.2, 0.25) is 0 Å². The van der Waals surface area contributed by atoms with Crippen molar-refractivity contribution >= 4 is 11.7 Å². The Morgan fingerprint density at radius 2 is 1.39 bits per heavy atom. The Labute approximate surface area is 186 Å². The molecule has 4 rings (SSSR count). The number of rotatable bonds is 5. The van der Waals surface area contributed by atoms with E-state index >= 15 is 0 Å². The number of para-hydroxylation sites is 1. The van der Waals surface area contributed by atoms with Crippen LogP contribution in [0, 0.1) is 13.8 Å². The minimum atomic E-state index is 0.00409. The number of carbonyl (C=O) groups is 1. The normalized spacial score (nSPS) is 18.4. The van der Waals surface area contributed by atoms with E-state index < -0.39 is 0 Å². The first kappa shape index (κ1) is 21.2. The fourth-order valence-corrected chi connectivity index (χ4v) is 4.78. The van der Waals surface area contributed by atoms with Gasteiger partial charge < -0.3 is 10.2 Å². The van der Waals surface area contributed by atoms with E-state index in [1.165, 1.54) is 11.1 Å². The van der Waals surface area contributed by atoms with Gasteiger partial charge in [-0.1, -0.05) is 78.9 Å². The van der Waals surface area contributed by atoms with Gasteiger partial charge in [-0.15, -0.1) is 0 Å². The maximum absolute atomic E-state index is 13.5. The molecule has 0 aromatic heterocycles. The Bertz CT molecular complexity index is 972. The molecule has 3 heteroatoms. The molecule has 1 aliphatic rings. The Morgan fingerprint density at radius 3 is 2.00 bits per heavy atom. The van der Waals surface area contributed by atoms with Gasteiger partial charge in [0.1, 0.15) is 0 Å². The molecule has 31 heavy (non-hydrogen) atoms. The van der Waals surface area contributed by atoms with Crippen molar-refractivity contribution in [1.29, 1.82) is 0 Å². The van der Waals surface area contributed by atoms with Crippen molar-refractivity contribution in [2.45, 2.75) is 58.0 Å². The van der Waals surface area contributed by atoms with Gasteiger partial charge in [0.2, 0.25) is 0 Å². The van der Waals surface area contributed by atoms with Gasteiger partial charge in [0.05, 0.1) is 0 Å². The van der Waals surface area contributed by atoms with Crippen molar-refractivity contribution in [3.8, 4) is 0 Å². The number of aryl methyl sites for hydroxylation is 2. The summed E-state index contributed by atoms with van der Waals surface area (Å²) in [6.45, 7) is 4.74. The number of hydrogen-bond acceptors (Lipinski definition) is 1. The molecule has 0 bridgehead atoms. The third-order valence-corrected chi connectivity index (χ3v) is 6.58. The summed E-state index contributed by atoms with van der Waals surface area (Å²) in [6, 6.07) is 27.5. The van der Waals surface area contributed by atoms with Crippen LogP contribution in [0.25, 0.3) is 0 Å².